The van der Waals surface area contributed by atoms with Gasteiger partial charge in [0, 0.05) is 11.5 Å². The van der Waals surface area contributed by atoms with Gasteiger partial charge in [0.05, 0.1) is 7.11 Å². The van der Waals surface area contributed by atoms with Gasteiger partial charge in [-0.1, -0.05) is 30.8 Å². The van der Waals surface area contributed by atoms with Crippen LogP contribution in [0.4, 0.5) is 5.13 Å². The number of anilines is 1. The number of nitrogens with zero attached hydrogens (tertiary/aromatic N) is 3. The largest absolute Gasteiger partial charge is 0.497 e. The average molecular weight is 483 g/mol. The first-order chi connectivity index (χ1) is 16.1. The predicted molar refractivity (Wildman–Crippen MR) is 129 cm³/mol. The van der Waals surface area contributed by atoms with Crippen molar-refractivity contribution in [3.63, 3.8) is 0 Å². The SMILES string of the molecule is CCSc1nsc(NC(=O)C(C#N)=Cc2ccc(OCCOc3ccc(OC)cc3)cc2)n1. The molecule has 2 aromatic carbocycles. The van der Waals surface area contributed by atoms with E-state index in [1.165, 1.54) is 17.8 Å². The third kappa shape index (κ3) is 7.52. The van der Waals surface area contributed by atoms with Gasteiger partial charge in [-0.3, -0.25) is 10.1 Å². The summed E-state index contributed by atoms with van der Waals surface area (Å²) in [6.07, 6.45) is 1.51. The molecule has 0 unspecified atom stereocenters. The molecule has 170 valence electrons. The van der Waals surface area contributed by atoms with Gasteiger partial charge in [-0.05, 0) is 53.8 Å². The van der Waals surface area contributed by atoms with Crippen LogP contribution in [0.5, 0.6) is 17.2 Å². The Balaban J connectivity index is 1.49. The van der Waals surface area contributed by atoms with Crippen LogP contribution in [0.3, 0.4) is 0 Å². The number of aromatic nitrogens is 2. The number of carbonyl (C=O) groups is 1. The van der Waals surface area contributed by atoms with Crippen molar-refractivity contribution in [3.8, 4) is 23.3 Å². The molecular formula is C23H22N4O4S2. The molecule has 33 heavy (non-hydrogen) atoms. The van der Waals surface area contributed by atoms with Crippen LogP contribution < -0.4 is 19.5 Å². The van der Waals surface area contributed by atoms with Crippen molar-refractivity contribution >= 4 is 40.4 Å². The van der Waals surface area contributed by atoms with Gasteiger partial charge in [0.1, 0.15) is 42.1 Å². The van der Waals surface area contributed by atoms with Crippen LogP contribution >= 0.6 is 23.3 Å². The van der Waals surface area contributed by atoms with Crippen LogP contribution in [0.25, 0.3) is 6.08 Å². The minimum atomic E-state index is -0.530. The predicted octanol–water partition coefficient (Wildman–Crippen LogP) is 4.66. The second-order valence-corrected chi connectivity index (χ2v) is 8.36. The summed E-state index contributed by atoms with van der Waals surface area (Å²) in [7, 11) is 1.61. The van der Waals surface area contributed by atoms with Crippen molar-refractivity contribution < 1.29 is 19.0 Å². The molecule has 3 aromatic rings. The first-order valence-corrected chi connectivity index (χ1v) is 11.8. The molecule has 10 heteroatoms. The lowest BCUT2D eigenvalue weighted by molar-refractivity contribution is -0.112. The van der Waals surface area contributed by atoms with E-state index in [2.05, 4.69) is 14.7 Å². The number of nitriles is 1. The molecule has 0 saturated heterocycles. The lowest BCUT2D eigenvalue weighted by Gasteiger charge is -2.09. The van der Waals surface area contributed by atoms with E-state index in [0.29, 0.717) is 34.8 Å². The molecule has 1 heterocycles. The standard InChI is InChI=1S/C23H22N4O4S2/c1-3-32-23-26-22(33-27-23)25-21(28)17(15-24)14-16-4-6-19(7-5-16)30-12-13-31-20-10-8-18(29-2)9-11-20/h4-11,14H,3,12-13H2,1-2H3,(H,25,26,27,28). The molecule has 0 aliphatic heterocycles. The van der Waals surface area contributed by atoms with Gasteiger partial charge >= 0.3 is 0 Å². The number of hydrogen-bond donors (Lipinski definition) is 1. The van der Waals surface area contributed by atoms with Gasteiger partial charge in [0.2, 0.25) is 10.3 Å². The maximum Gasteiger partial charge on any atom is 0.268 e. The molecule has 8 nitrogen and oxygen atoms in total. The molecule has 0 aliphatic carbocycles. The lowest BCUT2D eigenvalue weighted by atomic mass is 10.1. The molecular weight excluding hydrogens is 460 g/mol. The molecule has 0 fully saturated rings. The van der Waals surface area contributed by atoms with E-state index in [1.807, 2.05) is 37.3 Å². The Morgan fingerprint density at radius 2 is 1.70 bits per heavy atom. The number of rotatable bonds is 11. The summed E-state index contributed by atoms with van der Waals surface area (Å²) in [4.78, 5) is 16.6. The van der Waals surface area contributed by atoms with E-state index in [1.54, 1.807) is 31.4 Å². The van der Waals surface area contributed by atoms with Gasteiger partial charge in [0.25, 0.3) is 5.91 Å². The van der Waals surface area contributed by atoms with E-state index >= 15 is 0 Å². The monoisotopic (exact) mass is 482 g/mol. The van der Waals surface area contributed by atoms with Gasteiger partial charge < -0.3 is 14.2 Å². The molecule has 1 amide bonds. The Bertz CT molecular complexity index is 1120. The van der Waals surface area contributed by atoms with Gasteiger partial charge in [-0.2, -0.15) is 14.6 Å². The highest BCUT2D eigenvalue weighted by Gasteiger charge is 2.13. The van der Waals surface area contributed by atoms with Crippen LogP contribution in [-0.4, -0.2) is 41.3 Å². The number of amides is 1. The van der Waals surface area contributed by atoms with Crippen LogP contribution in [0, 0.1) is 11.3 Å². The highest BCUT2D eigenvalue weighted by atomic mass is 32.2. The fraction of sp³-hybridized carbons (Fsp3) is 0.217. The first-order valence-electron chi connectivity index (χ1n) is 10.0. The Labute approximate surface area is 200 Å². The zero-order chi connectivity index (χ0) is 23.5. The second-order valence-electron chi connectivity index (χ2n) is 6.38. The quantitative estimate of drug-likeness (QED) is 0.182. The molecule has 0 radical (unpaired) electrons. The Morgan fingerprint density at radius 1 is 1.09 bits per heavy atom. The van der Waals surface area contributed by atoms with E-state index < -0.39 is 5.91 Å². The summed E-state index contributed by atoms with van der Waals surface area (Å²) in [6, 6.07) is 16.3. The zero-order valence-corrected chi connectivity index (χ0v) is 19.7. The first kappa shape index (κ1) is 24.1. The summed E-state index contributed by atoms with van der Waals surface area (Å²) in [5.74, 6) is 2.46. The highest BCUT2D eigenvalue weighted by Crippen LogP contribution is 2.21. The normalized spacial score (nSPS) is 10.9. The summed E-state index contributed by atoms with van der Waals surface area (Å²) in [5, 5.41) is 13.0. The molecule has 1 aromatic heterocycles. The topological polar surface area (TPSA) is 106 Å². The van der Waals surface area contributed by atoms with Crippen molar-refractivity contribution in [1.82, 2.24) is 9.36 Å². The van der Waals surface area contributed by atoms with Crippen molar-refractivity contribution in [1.29, 1.82) is 5.26 Å². The molecule has 0 aliphatic rings. The Morgan fingerprint density at radius 3 is 2.27 bits per heavy atom. The Kier molecular flexibility index (Phi) is 9.11. The number of methoxy groups -OCH3 is 1. The van der Waals surface area contributed by atoms with E-state index in [0.717, 1.165) is 28.8 Å². The molecule has 3 rings (SSSR count). The van der Waals surface area contributed by atoms with Crippen LogP contribution in [0.15, 0.2) is 59.3 Å². The summed E-state index contributed by atoms with van der Waals surface area (Å²) >= 11 is 2.56. The highest BCUT2D eigenvalue weighted by molar-refractivity contribution is 7.99. The third-order valence-electron chi connectivity index (χ3n) is 4.14. The number of nitrogens with one attached hydrogen (secondary N) is 1. The smallest absolute Gasteiger partial charge is 0.268 e. The minimum Gasteiger partial charge on any atom is -0.497 e. The molecule has 0 saturated carbocycles. The number of hydrogen-bond acceptors (Lipinski definition) is 9. The Hall–Kier alpha value is -3.55. The summed E-state index contributed by atoms with van der Waals surface area (Å²) in [6.45, 7) is 2.75. The van der Waals surface area contributed by atoms with E-state index in [9.17, 15) is 10.1 Å². The summed E-state index contributed by atoms with van der Waals surface area (Å²) < 4.78 is 20.6. The average Bonchev–Trinajstić information content (AvgIpc) is 3.28. The number of carbonyl (C=O) groups excluding carboxylic acids is 1. The molecule has 0 bridgehead atoms. The van der Waals surface area contributed by atoms with Gasteiger partial charge in [0.15, 0.2) is 0 Å². The molecule has 0 spiro atoms. The fourth-order valence-electron chi connectivity index (χ4n) is 2.58. The lowest BCUT2D eigenvalue weighted by Crippen LogP contribution is -2.13. The van der Waals surface area contributed by atoms with Crippen LogP contribution in [0.2, 0.25) is 0 Å². The van der Waals surface area contributed by atoms with Crippen molar-refractivity contribution in [3.05, 3.63) is 59.7 Å². The second kappa shape index (κ2) is 12.5. The van der Waals surface area contributed by atoms with Crippen molar-refractivity contribution in [2.45, 2.75) is 12.1 Å². The van der Waals surface area contributed by atoms with Crippen LogP contribution in [0.1, 0.15) is 12.5 Å². The number of ether oxygens (including phenoxy) is 3. The van der Waals surface area contributed by atoms with Crippen molar-refractivity contribution in [2.24, 2.45) is 0 Å². The van der Waals surface area contributed by atoms with Gasteiger partial charge in [-0.15, -0.1) is 0 Å². The number of thioether (sulfide) groups is 1. The minimum absolute atomic E-state index is 0.0311. The molecule has 0 atom stereocenters. The zero-order valence-electron chi connectivity index (χ0n) is 18.1. The maximum atomic E-state index is 12.4. The van der Waals surface area contributed by atoms with Crippen LogP contribution in [-0.2, 0) is 4.79 Å². The van der Waals surface area contributed by atoms with E-state index in [4.69, 9.17) is 14.2 Å². The summed E-state index contributed by atoms with van der Waals surface area (Å²) in [5.41, 5.74) is 0.666. The third-order valence-corrected chi connectivity index (χ3v) is 5.61. The fourth-order valence-corrected chi connectivity index (χ4v) is 3.84. The van der Waals surface area contributed by atoms with Gasteiger partial charge in [-0.25, -0.2) is 0 Å². The molecule has 1 N–H and O–H groups in total. The number of benzene rings is 2. The van der Waals surface area contributed by atoms with E-state index in [-0.39, 0.29) is 5.57 Å². The van der Waals surface area contributed by atoms with Crippen molar-refractivity contribution in [2.75, 3.05) is 31.4 Å². The maximum absolute atomic E-state index is 12.4.